The number of fused-ring (bicyclic) bond motifs is 1. The van der Waals surface area contributed by atoms with E-state index in [1.54, 1.807) is 12.1 Å². The number of halogens is 2. The SMILES string of the molecule is O=CCCOCCOCCNCc1cc(F)cc2c1ccn2Cc1ccc(Cl)cc1. The van der Waals surface area contributed by atoms with Gasteiger partial charge in [-0.3, -0.25) is 0 Å². The first kappa shape index (κ1) is 22.4. The Morgan fingerprint density at radius 1 is 1.03 bits per heavy atom. The quantitative estimate of drug-likeness (QED) is 0.325. The summed E-state index contributed by atoms with van der Waals surface area (Å²) in [5.74, 6) is -0.251. The average Bonchev–Trinajstić information content (AvgIpc) is 3.13. The van der Waals surface area contributed by atoms with Crippen molar-refractivity contribution in [1.29, 1.82) is 0 Å². The number of benzene rings is 2. The molecule has 1 aromatic heterocycles. The molecule has 0 aliphatic heterocycles. The summed E-state index contributed by atoms with van der Waals surface area (Å²) in [5, 5.41) is 5.02. The number of rotatable bonds is 13. The van der Waals surface area contributed by atoms with Gasteiger partial charge in [0.05, 0.1) is 31.9 Å². The van der Waals surface area contributed by atoms with Crippen LogP contribution in [-0.2, 0) is 27.4 Å². The van der Waals surface area contributed by atoms with E-state index in [0.717, 1.165) is 28.3 Å². The van der Waals surface area contributed by atoms with Crippen LogP contribution < -0.4 is 5.32 Å². The Balaban J connectivity index is 1.51. The predicted octanol–water partition coefficient (Wildman–Crippen LogP) is 4.19. The maximum atomic E-state index is 14.2. The maximum absolute atomic E-state index is 14.2. The van der Waals surface area contributed by atoms with Crippen LogP contribution in [0.2, 0.25) is 5.02 Å². The van der Waals surface area contributed by atoms with E-state index >= 15 is 0 Å². The van der Waals surface area contributed by atoms with Crippen LogP contribution in [0.4, 0.5) is 4.39 Å². The molecule has 0 saturated heterocycles. The lowest BCUT2D eigenvalue weighted by atomic mass is 10.1. The van der Waals surface area contributed by atoms with Crippen molar-refractivity contribution >= 4 is 28.8 Å². The van der Waals surface area contributed by atoms with Gasteiger partial charge in [-0.1, -0.05) is 23.7 Å². The van der Waals surface area contributed by atoms with Crippen LogP contribution in [0.15, 0.2) is 48.7 Å². The zero-order valence-corrected chi connectivity index (χ0v) is 17.5. The maximum Gasteiger partial charge on any atom is 0.125 e. The molecule has 30 heavy (non-hydrogen) atoms. The van der Waals surface area contributed by atoms with Crippen molar-refractivity contribution in [1.82, 2.24) is 9.88 Å². The largest absolute Gasteiger partial charge is 0.379 e. The molecule has 0 fully saturated rings. The summed E-state index contributed by atoms with van der Waals surface area (Å²) in [6.07, 6.45) is 3.22. The summed E-state index contributed by atoms with van der Waals surface area (Å²) in [6, 6.07) is 12.8. The van der Waals surface area contributed by atoms with E-state index in [2.05, 4.69) is 5.32 Å². The van der Waals surface area contributed by atoms with Crippen LogP contribution in [0.25, 0.3) is 10.9 Å². The van der Waals surface area contributed by atoms with Crippen molar-refractivity contribution < 1.29 is 18.7 Å². The molecule has 1 heterocycles. The molecule has 0 bridgehead atoms. The molecule has 0 aliphatic carbocycles. The zero-order valence-electron chi connectivity index (χ0n) is 16.8. The first-order valence-corrected chi connectivity index (χ1v) is 10.4. The van der Waals surface area contributed by atoms with E-state index in [9.17, 15) is 9.18 Å². The molecule has 3 aromatic rings. The van der Waals surface area contributed by atoms with Crippen LogP contribution >= 0.6 is 11.6 Å². The molecule has 2 aromatic carbocycles. The second-order valence-corrected chi connectivity index (χ2v) is 7.36. The average molecular weight is 433 g/mol. The number of ether oxygens (including phenoxy) is 2. The summed E-state index contributed by atoms with van der Waals surface area (Å²) in [4.78, 5) is 10.2. The van der Waals surface area contributed by atoms with Gasteiger partial charge < -0.3 is 24.2 Å². The van der Waals surface area contributed by atoms with Crippen LogP contribution in [0.5, 0.6) is 0 Å². The molecular weight excluding hydrogens is 407 g/mol. The zero-order chi connectivity index (χ0) is 21.2. The van der Waals surface area contributed by atoms with Gasteiger partial charge in [0.2, 0.25) is 0 Å². The van der Waals surface area contributed by atoms with Crippen molar-refractivity contribution in [2.24, 2.45) is 0 Å². The molecule has 0 spiro atoms. The van der Waals surface area contributed by atoms with Crippen molar-refractivity contribution in [2.75, 3.05) is 33.0 Å². The van der Waals surface area contributed by atoms with Crippen molar-refractivity contribution in [3.8, 4) is 0 Å². The van der Waals surface area contributed by atoms with E-state index in [1.165, 1.54) is 0 Å². The lowest BCUT2D eigenvalue weighted by molar-refractivity contribution is -0.108. The summed E-state index contributed by atoms with van der Waals surface area (Å²) in [5.41, 5.74) is 2.88. The summed E-state index contributed by atoms with van der Waals surface area (Å²) >= 11 is 5.95. The number of hydrogen-bond acceptors (Lipinski definition) is 4. The highest BCUT2D eigenvalue weighted by Gasteiger charge is 2.09. The second kappa shape index (κ2) is 11.8. The molecule has 0 atom stereocenters. The summed E-state index contributed by atoms with van der Waals surface area (Å²) in [7, 11) is 0. The highest BCUT2D eigenvalue weighted by Crippen LogP contribution is 2.23. The molecule has 0 saturated carbocycles. The predicted molar refractivity (Wildman–Crippen MR) is 116 cm³/mol. The van der Waals surface area contributed by atoms with Crippen LogP contribution in [-0.4, -0.2) is 43.8 Å². The molecule has 5 nitrogen and oxygen atoms in total. The van der Waals surface area contributed by atoms with Gasteiger partial charge in [0.25, 0.3) is 0 Å². The summed E-state index contributed by atoms with van der Waals surface area (Å²) < 4.78 is 27.0. The van der Waals surface area contributed by atoms with E-state index in [0.29, 0.717) is 57.5 Å². The van der Waals surface area contributed by atoms with Gasteiger partial charge in [0.1, 0.15) is 12.1 Å². The van der Waals surface area contributed by atoms with Gasteiger partial charge >= 0.3 is 0 Å². The first-order chi connectivity index (χ1) is 14.7. The number of carbonyl (C=O) groups excluding carboxylic acids is 1. The molecule has 160 valence electrons. The Labute approximate surface area is 180 Å². The van der Waals surface area contributed by atoms with Gasteiger partial charge in [0, 0.05) is 42.7 Å². The molecular formula is C23H26ClFN2O3. The van der Waals surface area contributed by atoms with Gasteiger partial charge in [0.15, 0.2) is 0 Å². The Morgan fingerprint density at radius 3 is 2.57 bits per heavy atom. The van der Waals surface area contributed by atoms with Gasteiger partial charge in [-0.25, -0.2) is 4.39 Å². The van der Waals surface area contributed by atoms with Crippen LogP contribution in [0, 0.1) is 5.82 Å². The van der Waals surface area contributed by atoms with Crippen molar-refractivity contribution in [2.45, 2.75) is 19.5 Å². The minimum atomic E-state index is -0.251. The molecule has 0 amide bonds. The van der Waals surface area contributed by atoms with E-state index in [1.807, 2.05) is 41.1 Å². The number of nitrogens with one attached hydrogen (secondary N) is 1. The third-order valence-electron chi connectivity index (χ3n) is 4.70. The smallest absolute Gasteiger partial charge is 0.125 e. The molecule has 3 rings (SSSR count). The Kier molecular flexibility index (Phi) is 8.83. The minimum Gasteiger partial charge on any atom is -0.379 e. The minimum absolute atomic E-state index is 0.251. The Morgan fingerprint density at radius 2 is 1.80 bits per heavy atom. The van der Waals surface area contributed by atoms with Gasteiger partial charge in [-0.2, -0.15) is 0 Å². The lowest BCUT2D eigenvalue weighted by Gasteiger charge is -2.10. The molecule has 1 N–H and O–H groups in total. The van der Waals surface area contributed by atoms with E-state index < -0.39 is 0 Å². The second-order valence-electron chi connectivity index (χ2n) is 6.92. The molecule has 7 heteroatoms. The van der Waals surface area contributed by atoms with Crippen molar-refractivity contribution in [3.05, 3.63) is 70.6 Å². The normalized spacial score (nSPS) is 11.3. The van der Waals surface area contributed by atoms with Crippen molar-refractivity contribution in [3.63, 3.8) is 0 Å². The molecule has 0 radical (unpaired) electrons. The fraction of sp³-hybridized carbons (Fsp3) is 0.348. The monoisotopic (exact) mass is 432 g/mol. The third-order valence-corrected chi connectivity index (χ3v) is 4.95. The number of hydrogen-bond donors (Lipinski definition) is 1. The highest BCUT2D eigenvalue weighted by molar-refractivity contribution is 6.30. The fourth-order valence-electron chi connectivity index (χ4n) is 3.23. The molecule has 0 unspecified atom stereocenters. The van der Waals surface area contributed by atoms with E-state index in [4.69, 9.17) is 21.1 Å². The highest BCUT2D eigenvalue weighted by atomic mass is 35.5. The third kappa shape index (κ3) is 6.64. The number of aromatic nitrogens is 1. The summed E-state index contributed by atoms with van der Waals surface area (Å²) in [6.45, 7) is 3.78. The standard InChI is InChI=1S/C23H26ClFN2O3/c24-20-4-2-18(3-5-20)17-27-8-6-22-19(14-21(25)15-23(22)27)16-26-7-11-30-13-12-29-10-1-9-28/h2-6,8-9,14-15,26H,1,7,10-13,16-17H2. The topological polar surface area (TPSA) is 52.5 Å². The Hall–Kier alpha value is -2.25. The Bertz CT molecular complexity index is 944. The van der Waals surface area contributed by atoms with Crippen LogP contribution in [0.1, 0.15) is 17.5 Å². The van der Waals surface area contributed by atoms with Gasteiger partial charge in [-0.05, 0) is 41.5 Å². The first-order valence-electron chi connectivity index (χ1n) is 9.99. The van der Waals surface area contributed by atoms with E-state index in [-0.39, 0.29) is 5.82 Å². The van der Waals surface area contributed by atoms with Crippen LogP contribution in [0.3, 0.4) is 0 Å². The lowest BCUT2D eigenvalue weighted by Crippen LogP contribution is -2.20. The number of aldehydes is 1. The van der Waals surface area contributed by atoms with Gasteiger partial charge in [-0.15, -0.1) is 0 Å². The number of nitrogens with zero attached hydrogens (tertiary/aromatic N) is 1. The number of carbonyl (C=O) groups is 1. The molecule has 0 aliphatic rings. The fourth-order valence-corrected chi connectivity index (χ4v) is 3.35.